The van der Waals surface area contributed by atoms with Crippen molar-refractivity contribution in [1.82, 2.24) is 0 Å². The quantitative estimate of drug-likeness (QED) is 0.397. The normalized spacial score (nSPS) is 13.0. The number of rotatable bonds is 5. The van der Waals surface area contributed by atoms with Crippen LogP contribution in [0.15, 0.2) is 0 Å². The molecule has 1 atom stereocenters. The van der Waals surface area contributed by atoms with Crippen molar-refractivity contribution in [3.63, 3.8) is 0 Å². The van der Waals surface area contributed by atoms with E-state index in [4.69, 9.17) is 16.6 Å². The van der Waals surface area contributed by atoms with Gasteiger partial charge in [0.05, 0.1) is 0 Å². The summed E-state index contributed by atoms with van der Waals surface area (Å²) in [6.07, 6.45) is 0. The summed E-state index contributed by atoms with van der Waals surface area (Å²) in [5, 5.41) is 9.83. The van der Waals surface area contributed by atoms with Crippen LogP contribution >= 0.6 is 0 Å². The van der Waals surface area contributed by atoms with Gasteiger partial charge in [-0.3, -0.25) is 0 Å². The summed E-state index contributed by atoms with van der Waals surface area (Å²) in [6.45, 7) is 0.631. The Morgan fingerprint density at radius 1 is 1.70 bits per heavy atom. The molecule has 0 radical (unpaired) electrons. The molecule has 5 heteroatoms. The van der Waals surface area contributed by atoms with E-state index in [2.05, 4.69) is 0 Å². The average Bonchev–Trinajstić information content (AvgIpc) is 1.88. The molecule has 5 N–H and O–H groups in total. The van der Waals surface area contributed by atoms with E-state index in [9.17, 15) is 4.79 Å². The first kappa shape index (κ1) is 9.91. The van der Waals surface area contributed by atoms with Crippen molar-refractivity contribution >= 4 is 20.9 Å². The van der Waals surface area contributed by atoms with E-state index < -0.39 is 12.0 Å². The van der Waals surface area contributed by atoms with E-state index in [1.165, 1.54) is 0 Å². The first-order valence-corrected chi connectivity index (χ1v) is 5.37. The molecule has 0 fully saturated rings. The third-order valence-corrected chi connectivity index (χ3v) is 3.22. The fraction of sp³-hybridized carbons (Fsp3) is 0.800. The average molecular weight is 211 g/mol. The van der Waals surface area contributed by atoms with E-state index in [0.717, 1.165) is 5.32 Å². The van der Waals surface area contributed by atoms with Crippen LogP contribution in [-0.4, -0.2) is 38.6 Å². The van der Waals surface area contributed by atoms with Gasteiger partial charge in [-0.1, -0.05) is 0 Å². The maximum absolute atomic E-state index is 10.1. The molecule has 0 bridgehead atoms. The SMILES string of the molecule is NCC[Se]C[C@@H](N)C(=O)O. The Kier molecular flexibility index (Phi) is 5.62. The molecule has 0 saturated heterocycles. The van der Waals surface area contributed by atoms with Crippen molar-refractivity contribution in [3.05, 3.63) is 0 Å². The van der Waals surface area contributed by atoms with Crippen LogP contribution in [0.4, 0.5) is 0 Å². The standard InChI is InChI=1S/C5H12N2O2Se/c6-1-2-10-3-4(7)5(8)9/h4H,1-3,6-7H2,(H,8,9)/t4-/m1/s1. The first-order chi connectivity index (χ1) is 4.68. The minimum absolute atomic E-state index is 0.298. The van der Waals surface area contributed by atoms with Gasteiger partial charge in [-0.15, -0.1) is 0 Å². The fourth-order valence-corrected chi connectivity index (χ4v) is 1.90. The number of hydrogen-bond donors (Lipinski definition) is 3. The van der Waals surface area contributed by atoms with Crippen LogP contribution in [0.25, 0.3) is 0 Å². The number of carboxylic acid groups (broad SMARTS) is 1. The monoisotopic (exact) mass is 212 g/mol. The minimum atomic E-state index is -0.918. The van der Waals surface area contributed by atoms with E-state index in [1.54, 1.807) is 0 Å². The first-order valence-electron chi connectivity index (χ1n) is 2.94. The Labute approximate surface area is 66.1 Å². The van der Waals surface area contributed by atoms with Gasteiger partial charge in [-0.2, -0.15) is 0 Å². The second kappa shape index (κ2) is 5.68. The molecule has 0 heterocycles. The van der Waals surface area contributed by atoms with Crippen LogP contribution in [0.3, 0.4) is 0 Å². The van der Waals surface area contributed by atoms with Gasteiger partial charge in [0.1, 0.15) is 0 Å². The van der Waals surface area contributed by atoms with Crippen molar-refractivity contribution < 1.29 is 9.90 Å². The van der Waals surface area contributed by atoms with Gasteiger partial charge in [0.25, 0.3) is 0 Å². The molecule has 0 amide bonds. The van der Waals surface area contributed by atoms with Crippen LogP contribution in [0.2, 0.25) is 10.6 Å². The molecule has 4 nitrogen and oxygen atoms in total. The van der Waals surface area contributed by atoms with Gasteiger partial charge in [-0.05, 0) is 0 Å². The molecule has 0 aliphatic rings. The molecule has 60 valence electrons. The zero-order chi connectivity index (χ0) is 7.98. The van der Waals surface area contributed by atoms with E-state index in [0.29, 0.717) is 26.8 Å². The van der Waals surface area contributed by atoms with Gasteiger partial charge >= 0.3 is 65.5 Å². The van der Waals surface area contributed by atoms with Gasteiger partial charge < -0.3 is 0 Å². The van der Waals surface area contributed by atoms with Crippen molar-refractivity contribution in [2.24, 2.45) is 11.5 Å². The van der Waals surface area contributed by atoms with Gasteiger partial charge in [0.2, 0.25) is 0 Å². The van der Waals surface area contributed by atoms with E-state index in [-0.39, 0.29) is 0 Å². The number of hydrogen-bond acceptors (Lipinski definition) is 3. The second-order valence-electron chi connectivity index (χ2n) is 1.81. The summed E-state index contributed by atoms with van der Waals surface area (Å²) in [7, 11) is 0. The number of carbonyl (C=O) groups is 1. The topological polar surface area (TPSA) is 89.3 Å². The Bertz CT molecular complexity index is 110. The van der Waals surface area contributed by atoms with Crippen LogP contribution in [0, 0.1) is 0 Å². The summed E-state index contributed by atoms with van der Waals surface area (Å²) in [4.78, 5) is 10.1. The third-order valence-electron chi connectivity index (χ3n) is 0.877. The Morgan fingerprint density at radius 2 is 2.30 bits per heavy atom. The molecule has 0 spiro atoms. The fourth-order valence-electron chi connectivity index (χ4n) is 0.365. The second-order valence-corrected chi connectivity index (χ2v) is 4.22. The molecule has 0 unspecified atom stereocenters. The summed E-state index contributed by atoms with van der Waals surface area (Å²) in [5.74, 6) is -0.918. The number of carboxylic acids is 1. The van der Waals surface area contributed by atoms with Gasteiger partial charge in [-0.25, -0.2) is 0 Å². The van der Waals surface area contributed by atoms with Crippen molar-refractivity contribution in [2.45, 2.75) is 16.7 Å². The summed E-state index contributed by atoms with van der Waals surface area (Å²) in [6, 6.07) is -0.688. The maximum atomic E-state index is 10.1. The molecule has 10 heavy (non-hydrogen) atoms. The summed E-state index contributed by atoms with van der Waals surface area (Å²) in [5.41, 5.74) is 10.5. The molecule has 0 aromatic rings. The van der Waals surface area contributed by atoms with Crippen LogP contribution in [0.1, 0.15) is 0 Å². The summed E-state index contributed by atoms with van der Waals surface area (Å²) >= 11 is 0.298. The molecular weight excluding hydrogens is 199 g/mol. The van der Waals surface area contributed by atoms with Crippen LogP contribution in [-0.2, 0) is 4.79 Å². The predicted octanol–water partition coefficient (Wildman–Crippen LogP) is -1.10. The van der Waals surface area contributed by atoms with Crippen molar-refractivity contribution in [1.29, 1.82) is 0 Å². The molecular formula is C5H12N2O2Se. The third kappa shape index (κ3) is 4.76. The molecule has 0 aliphatic carbocycles. The van der Waals surface area contributed by atoms with Crippen molar-refractivity contribution in [3.8, 4) is 0 Å². The molecule has 0 aliphatic heterocycles. The summed E-state index contributed by atoms with van der Waals surface area (Å²) < 4.78 is 0. The molecule has 0 saturated carbocycles. The van der Waals surface area contributed by atoms with E-state index >= 15 is 0 Å². The van der Waals surface area contributed by atoms with Gasteiger partial charge in [0, 0.05) is 0 Å². The van der Waals surface area contributed by atoms with Crippen LogP contribution < -0.4 is 11.5 Å². The predicted molar refractivity (Wildman–Crippen MR) is 40.0 cm³/mol. The zero-order valence-corrected chi connectivity index (χ0v) is 7.33. The Morgan fingerprint density at radius 3 is 2.70 bits per heavy atom. The molecule has 0 aromatic heterocycles. The molecule has 0 rings (SSSR count). The van der Waals surface area contributed by atoms with Gasteiger partial charge in [0.15, 0.2) is 0 Å². The van der Waals surface area contributed by atoms with Crippen LogP contribution in [0.5, 0.6) is 0 Å². The molecule has 0 aromatic carbocycles. The number of aliphatic carboxylic acids is 1. The Hall–Kier alpha value is -0.0905. The van der Waals surface area contributed by atoms with E-state index in [1.807, 2.05) is 0 Å². The Balaban J connectivity index is 3.21. The number of nitrogens with two attached hydrogens (primary N) is 2. The van der Waals surface area contributed by atoms with Crippen molar-refractivity contribution in [2.75, 3.05) is 6.54 Å². The zero-order valence-electron chi connectivity index (χ0n) is 5.62.